The van der Waals surface area contributed by atoms with Crippen LogP contribution in [0.5, 0.6) is 5.75 Å². The molecular weight excluding hydrogens is 1260 g/mol. The largest absolute Gasteiger partial charge is 0.505 e. The van der Waals surface area contributed by atoms with Gasteiger partial charge in [-0.15, -0.1) is 0 Å². The molecule has 2 aromatic carbocycles. The van der Waals surface area contributed by atoms with Gasteiger partial charge < -0.3 is 65.0 Å². The van der Waals surface area contributed by atoms with Gasteiger partial charge in [0.25, 0.3) is 11.8 Å². The van der Waals surface area contributed by atoms with Gasteiger partial charge in [-0.2, -0.15) is 0 Å². The van der Waals surface area contributed by atoms with E-state index in [4.69, 9.17) is 13.9 Å². The number of rotatable bonds is 7. The lowest BCUT2D eigenvalue weighted by Gasteiger charge is -2.40. The second kappa shape index (κ2) is 34.0. The molecular formula is C71H84N10O17. The smallest absolute Gasteiger partial charge is 0.355 e. The molecule has 0 radical (unpaired) electrons. The van der Waals surface area contributed by atoms with Crippen molar-refractivity contribution in [3.8, 4) is 5.75 Å². The van der Waals surface area contributed by atoms with E-state index in [2.05, 4.69) is 31.2 Å². The van der Waals surface area contributed by atoms with Crippen LogP contribution in [0.1, 0.15) is 131 Å². The fourth-order valence-corrected chi connectivity index (χ4v) is 12.2. The average molecular weight is 1350 g/mol. The Balaban J connectivity index is 0.000000277. The topological polar surface area (TPSA) is 364 Å². The van der Waals surface area contributed by atoms with E-state index < -0.39 is 119 Å². The standard InChI is InChI=1S/C43H49N7O10.C28H35N3O7/c1-4-29-40(56)49-21-12-17-30(49)41(57)48(3)32(23-26-13-7-5-8-14-26)42(58)50-22-19-28(51)24-31(50)37(53)47-35(27-15-9-6-10-16-27)43(59)60-25(2)34(38(54)45-29)46-39(55)36-33(52)18-11-20-44-36;1-17(2)26-19(4)9-10-24(34)29-11-5-7-18(3)13-20(32)14-21(33)15-25-30-22(16-37-25)27(35)31-12-6-8-23(31)28(36)38-26/h5-11,13-16,18,20,25,29-32,34-35,52H,4,12,17,19,21-24H2,1-3H3,(H,45,54)(H,46,55)(H,47,53);5,7-10,13,16-17,19-20,26,32H,6,11-12,14-15H2,1-4H3,(H,29,34)/b;7-5+,10-9+,18-13+/t;19-,20-,26-/m.1/s1. The number of oxazole rings is 1. The highest BCUT2D eigenvalue weighted by Gasteiger charge is 2.46. The van der Waals surface area contributed by atoms with Gasteiger partial charge in [0.15, 0.2) is 17.4 Å². The van der Waals surface area contributed by atoms with Crippen molar-refractivity contribution in [2.24, 2.45) is 11.8 Å². The Labute approximate surface area is 567 Å². The second-order valence-corrected chi connectivity index (χ2v) is 25.0. The highest BCUT2D eigenvalue weighted by atomic mass is 16.6. The zero-order valence-electron chi connectivity index (χ0n) is 55.8. The van der Waals surface area contributed by atoms with Gasteiger partial charge in [0, 0.05) is 71.0 Å². The van der Waals surface area contributed by atoms with Crippen LogP contribution in [0.4, 0.5) is 0 Å². The number of aliphatic hydroxyl groups excluding tert-OH is 1. The molecule has 3 saturated heterocycles. The summed E-state index contributed by atoms with van der Waals surface area (Å²) in [5, 5.41) is 31.2. The SMILES string of the molecule is CC1=C\[C@@H](O)CC(=O)Cc2nc(co2)C(=O)N2CCC=C2C(=O)O[C@H](C(C)C)[C@H](C)/C=C/C(=O)NC\C=C\1.CCC1NC(=O)C(NC(=O)c2ncccc2O)C(C)OC(=O)C(c2ccccc2)NC(=O)C2CC(=O)CCN2C(=O)C(Cc2ccccc2)N(C)C(=O)C2CCCN2C1=O. The van der Waals surface area contributed by atoms with Crippen LogP contribution in [-0.2, 0) is 70.3 Å². The number of benzene rings is 2. The number of esters is 2. The van der Waals surface area contributed by atoms with E-state index >= 15 is 0 Å². The van der Waals surface area contributed by atoms with Crippen LogP contribution < -0.4 is 21.3 Å². The van der Waals surface area contributed by atoms with Crippen LogP contribution in [0, 0.1) is 11.8 Å². The highest BCUT2D eigenvalue weighted by Crippen LogP contribution is 2.29. The van der Waals surface area contributed by atoms with Crippen LogP contribution in [0.25, 0.3) is 0 Å². The van der Waals surface area contributed by atoms with E-state index in [9.17, 15) is 67.7 Å². The Morgan fingerprint density at radius 2 is 1.52 bits per heavy atom. The third-order valence-corrected chi connectivity index (χ3v) is 17.4. The van der Waals surface area contributed by atoms with E-state index in [1.807, 2.05) is 26.8 Å². The molecule has 0 saturated carbocycles. The molecule has 520 valence electrons. The van der Waals surface area contributed by atoms with Crippen LogP contribution in [-0.4, -0.2) is 192 Å². The molecule has 9 rings (SSSR count). The number of carbonyl (C=O) groups excluding carboxylic acids is 12. The Kier molecular flexibility index (Phi) is 25.4. The van der Waals surface area contributed by atoms with Gasteiger partial charge in [-0.25, -0.2) is 19.6 Å². The van der Waals surface area contributed by atoms with E-state index in [-0.39, 0.29) is 123 Å². The van der Waals surface area contributed by atoms with Crippen molar-refractivity contribution in [3.63, 3.8) is 0 Å². The number of piperidine rings is 1. The first-order valence-electron chi connectivity index (χ1n) is 32.8. The van der Waals surface area contributed by atoms with Gasteiger partial charge >= 0.3 is 11.9 Å². The number of carbonyl (C=O) groups is 12. The van der Waals surface area contributed by atoms with Gasteiger partial charge in [0.2, 0.25) is 41.3 Å². The number of ketones is 2. The van der Waals surface area contributed by atoms with E-state index in [0.717, 1.165) is 17.4 Å². The summed E-state index contributed by atoms with van der Waals surface area (Å²) in [6.45, 7) is 11.0. The molecule has 2 bridgehead atoms. The molecule has 3 fully saturated rings. The van der Waals surface area contributed by atoms with Crippen molar-refractivity contribution in [1.82, 2.24) is 50.8 Å². The lowest BCUT2D eigenvalue weighted by atomic mass is 9.94. The molecule has 27 heteroatoms. The molecule has 5 aliphatic heterocycles. The van der Waals surface area contributed by atoms with E-state index in [0.29, 0.717) is 12.8 Å². The van der Waals surface area contributed by atoms with Gasteiger partial charge in [0.1, 0.15) is 71.7 Å². The zero-order chi connectivity index (χ0) is 70.9. The Morgan fingerprint density at radius 1 is 0.806 bits per heavy atom. The van der Waals surface area contributed by atoms with Crippen molar-refractivity contribution in [1.29, 1.82) is 0 Å². The Bertz CT molecular complexity index is 3750. The number of Topliss-reactive ketones (excluding diaryl/α,β-unsaturated/α-hetero) is 2. The van der Waals surface area contributed by atoms with Crippen LogP contribution in [0.3, 0.4) is 0 Å². The number of nitrogens with one attached hydrogen (secondary N) is 4. The Hall–Kier alpha value is -10.4. The van der Waals surface area contributed by atoms with Crippen molar-refractivity contribution >= 4 is 70.8 Å². The molecule has 4 aromatic rings. The number of likely N-dealkylation sites (N-methyl/N-ethyl adjacent to an activating group) is 1. The minimum absolute atomic E-state index is 0.0315. The summed E-state index contributed by atoms with van der Waals surface area (Å²) in [6.07, 6.45) is 9.72. The molecule has 7 heterocycles. The number of amides is 8. The number of aromatic nitrogens is 2. The Morgan fingerprint density at radius 3 is 2.22 bits per heavy atom. The van der Waals surface area contributed by atoms with Crippen molar-refractivity contribution in [2.75, 3.05) is 33.2 Å². The fourth-order valence-electron chi connectivity index (χ4n) is 12.2. The highest BCUT2D eigenvalue weighted by molar-refractivity contribution is 6.02. The molecule has 10 atom stereocenters. The monoisotopic (exact) mass is 1350 g/mol. The molecule has 8 amide bonds. The third-order valence-electron chi connectivity index (χ3n) is 17.4. The van der Waals surface area contributed by atoms with Gasteiger partial charge in [-0.3, -0.25) is 47.9 Å². The molecule has 0 spiro atoms. The van der Waals surface area contributed by atoms with Gasteiger partial charge in [-0.05, 0) is 74.8 Å². The molecule has 0 aliphatic carbocycles. The van der Waals surface area contributed by atoms with Crippen LogP contribution in [0.15, 0.2) is 137 Å². The first kappa shape index (κ1) is 73.4. The van der Waals surface area contributed by atoms with Crippen LogP contribution >= 0.6 is 0 Å². The lowest BCUT2D eigenvalue weighted by molar-refractivity contribution is -0.157. The molecule has 2 aromatic heterocycles. The molecule has 27 nitrogen and oxygen atoms in total. The number of hydrogen-bond acceptors (Lipinski definition) is 19. The normalized spacial score (nSPS) is 26.7. The fraction of sp³-hybridized carbons (Fsp3) is 0.437. The quantitative estimate of drug-likeness (QED) is 0.143. The summed E-state index contributed by atoms with van der Waals surface area (Å²) in [6, 6.07) is 11.7. The summed E-state index contributed by atoms with van der Waals surface area (Å²) >= 11 is 0. The van der Waals surface area contributed by atoms with E-state index in [1.165, 1.54) is 58.0 Å². The van der Waals surface area contributed by atoms with Gasteiger partial charge in [-0.1, -0.05) is 124 Å². The number of aliphatic hydroxyl groups is 1. The van der Waals surface area contributed by atoms with Crippen LogP contribution in [0.2, 0.25) is 0 Å². The predicted molar refractivity (Wildman–Crippen MR) is 352 cm³/mol. The zero-order valence-corrected chi connectivity index (χ0v) is 55.8. The summed E-state index contributed by atoms with van der Waals surface area (Å²) < 4.78 is 17.0. The number of allylic oxidation sites excluding steroid dienone is 2. The molecule has 6 N–H and O–H groups in total. The second-order valence-electron chi connectivity index (χ2n) is 25.0. The molecule has 98 heavy (non-hydrogen) atoms. The van der Waals surface area contributed by atoms with Crippen molar-refractivity contribution in [2.45, 2.75) is 154 Å². The number of aromatic hydroxyl groups is 1. The number of hydrogen-bond donors (Lipinski definition) is 6. The summed E-state index contributed by atoms with van der Waals surface area (Å²) in [5.74, 6) is -8.36. The first-order valence-corrected chi connectivity index (χ1v) is 32.8. The predicted octanol–water partition coefficient (Wildman–Crippen LogP) is 3.86. The minimum Gasteiger partial charge on any atom is -0.505 e. The van der Waals surface area contributed by atoms with Gasteiger partial charge in [0.05, 0.1) is 12.5 Å². The van der Waals surface area contributed by atoms with Crippen molar-refractivity contribution in [3.05, 3.63) is 161 Å². The number of ether oxygens (including phenoxy) is 2. The summed E-state index contributed by atoms with van der Waals surface area (Å²) in [7, 11) is 1.47. The maximum atomic E-state index is 14.8. The average Bonchev–Trinajstić information content (AvgIpc) is 1.08. The maximum absolute atomic E-state index is 14.8. The summed E-state index contributed by atoms with van der Waals surface area (Å²) in [4.78, 5) is 177. The van der Waals surface area contributed by atoms with E-state index in [1.54, 1.807) is 98.8 Å². The minimum atomic E-state index is -1.68. The number of nitrogens with zero attached hydrogens (tertiary/aromatic N) is 6. The first-order chi connectivity index (χ1) is 46.8. The maximum Gasteiger partial charge on any atom is 0.355 e. The molecule has 5 aliphatic rings. The number of pyridine rings is 1. The summed E-state index contributed by atoms with van der Waals surface area (Å²) in [5.41, 5.74) is 1.37. The number of cyclic esters (lactones) is 2. The molecule has 7 unspecified atom stereocenters. The lowest BCUT2D eigenvalue weighted by Crippen LogP contribution is -2.61. The third kappa shape index (κ3) is 18.8. The van der Waals surface area contributed by atoms with Crippen molar-refractivity contribution < 1.29 is 81.6 Å². The number of fused-ring (bicyclic) bond motifs is 5.